The zero-order chi connectivity index (χ0) is 15.8. The number of carbonyl (C=O) groups excluding carboxylic acids is 2. The maximum atomic E-state index is 12.9. The van der Waals surface area contributed by atoms with Crippen molar-refractivity contribution in [3.63, 3.8) is 0 Å². The van der Waals surface area contributed by atoms with Crippen molar-refractivity contribution in [3.05, 3.63) is 24.0 Å². The monoisotopic (exact) mass is 315 g/mol. The fourth-order valence-corrected chi connectivity index (χ4v) is 4.00. The van der Waals surface area contributed by atoms with Crippen molar-refractivity contribution < 1.29 is 18.8 Å². The second-order valence-electron chi connectivity index (χ2n) is 6.90. The Kier molecular flexibility index (Phi) is 2.44. The van der Waals surface area contributed by atoms with E-state index in [4.69, 9.17) is 9.26 Å². The number of carbonyl (C=O) groups is 2. The molecule has 23 heavy (non-hydrogen) atoms. The van der Waals surface area contributed by atoms with E-state index < -0.39 is 17.4 Å². The van der Waals surface area contributed by atoms with Gasteiger partial charge in [0.05, 0.1) is 24.5 Å². The predicted molar refractivity (Wildman–Crippen MR) is 78.5 cm³/mol. The van der Waals surface area contributed by atoms with E-state index in [2.05, 4.69) is 10.5 Å². The summed E-state index contributed by atoms with van der Waals surface area (Å²) in [4.78, 5) is 27.1. The molecule has 7 heteroatoms. The van der Waals surface area contributed by atoms with Crippen LogP contribution in [0.4, 0.5) is 5.82 Å². The molecule has 5 rings (SSSR count). The number of hydrogen-bond donors (Lipinski definition) is 1. The average molecular weight is 315 g/mol. The highest BCUT2D eigenvalue weighted by Gasteiger charge is 2.67. The molecule has 4 heterocycles. The maximum Gasteiger partial charge on any atom is 0.235 e. The van der Waals surface area contributed by atoms with Gasteiger partial charge in [-0.15, -0.1) is 0 Å². The Morgan fingerprint density at radius 3 is 3.00 bits per heavy atom. The van der Waals surface area contributed by atoms with E-state index in [1.807, 2.05) is 12.2 Å². The number of hydrogen-bond acceptors (Lipinski definition) is 5. The van der Waals surface area contributed by atoms with Crippen molar-refractivity contribution in [2.45, 2.75) is 37.5 Å². The first kappa shape index (κ1) is 13.3. The Morgan fingerprint density at radius 1 is 1.48 bits per heavy atom. The molecule has 4 aliphatic rings. The number of aryl methyl sites for hydroxylation is 1. The lowest BCUT2D eigenvalue weighted by Crippen LogP contribution is -2.44. The van der Waals surface area contributed by atoms with Crippen molar-refractivity contribution in [1.29, 1.82) is 0 Å². The average Bonchev–Trinajstić information content (AvgIpc) is 2.87. The molecule has 3 fully saturated rings. The molecule has 1 N–H and O–H groups in total. The van der Waals surface area contributed by atoms with Crippen LogP contribution in [0, 0.1) is 18.8 Å². The van der Waals surface area contributed by atoms with Crippen LogP contribution >= 0.6 is 0 Å². The molecule has 4 atom stereocenters. The van der Waals surface area contributed by atoms with E-state index in [0.717, 1.165) is 12.8 Å². The molecule has 1 aromatic rings. The molecule has 1 saturated carbocycles. The van der Waals surface area contributed by atoms with Crippen LogP contribution in [-0.4, -0.2) is 41.3 Å². The summed E-state index contributed by atoms with van der Waals surface area (Å²) in [6.45, 7) is 2.16. The van der Waals surface area contributed by atoms with Gasteiger partial charge in [0.2, 0.25) is 11.8 Å². The van der Waals surface area contributed by atoms with Gasteiger partial charge in [0, 0.05) is 12.1 Å². The Morgan fingerprint density at radius 2 is 2.30 bits per heavy atom. The van der Waals surface area contributed by atoms with Crippen LogP contribution in [0.15, 0.2) is 22.7 Å². The molecule has 2 saturated heterocycles. The Bertz CT molecular complexity index is 737. The summed E-state index contributed by atoms with van der Waals surface area (Å²) in [5, 5.41) is 6.94. The maximum absolute atomic E-state index is 12.9. The summed E-state index contributed by atoms with van der Waals surface area (Å²) in [7, 11) is 0. The smallest absolute Gasteiger partial charge is 0.235 e. The summed E-state index contributed by atoms with van der Waals surface area (Å²) in [5.41, 5.74) is -0.708. The highest BCUT2D eigenvalue weighted by Crippen LogP contribution is 2.52. The van der Waals surface area contributed by atoms with Gasteiger partial charge in [0.25, 0.3) is 0 Å². The number of amides is 2. The van der Waals surface area contributed by atoms with E-state index in [-0.39, 0.29) is 24.0 Å². The summed E-state index contributed by atoms with van der Waals surface area (Å²) >= 11 is 0. The largest absolute Gasteiger partial charge is 0.360 e. The van der Waals surface area contributed by atoms with Gasteiger partial charge in [0.15, 0.2) is 5.82 Å². The van der Waals surface area contributed by atoms with Crippen LogP contribution in [-0.2, 0) is 14.3 Å². The van der Waals surface area contributed by atoms with Gasteiger partial charge in [-0.05, 0) is 19.8 Å². The topological polar surface area (TPSA) is 84.7 Å². The Labute approximate surface area is 132 Å². The van der Waals surface area contributed by atoms with Gasteiger partial charge in [-0.1, -0.05) is 17.3 Å². The lowest BCUT2D eigenvalue weighted by atomic mass is 9.77. The van der Waals surface area contributed by atoms with Crippen LogP contribution < -0.4 is 10.2 Å². The quantitative estimate of drug-likeness (QED) is 0.823. The standard InChI is InChI=1S/C16H17N3O4/c1-8-6-11(18-23-8)19-7-16-5-4-10(22-16)12(13(16)15(19)21)14(20)17-9-2-3-9/h4-6,9-10,12-13H,2-3,7H2,1H3,(H,17,20)/t10?,12?,13?,16-/m0/s1. The zero-order valence-electron chi connectivity index (χ0n) is 12.7. The number of rotatable bonds is 3. The summed E-state index contributed by atoms with van der Waals surface area (Å²) in [5.74, 6) is 0.0185. The molecule has 3 unspecified atom stereocenters. The van der Waals surface area contributed by atoms with E-state index >= 15 is 0 Å². The normalized spacial score (nSPS) is 37.5. The first-order valence-corrected chi connectivity index (χ1v) is 8.00. The van der Waals surface area contributed by atoms with Gasteiger partial charge >= 0.3 is 0 Å². The second kappa shape index (κ2) is 4.23. The lowest BCUT2D eigenvalue weighted by Gasteiger charge is -2.23. The number of anilines is 1. The van der Waals surface area contributed by atoms with Crippen molar-refractivity contribution in [1.82, 2.24) is 10.5 Å². The highest BCUT2D eigenvalue weighted by molar-refractivity contribution is 6.02. The van der Waals surface area contributed by atoms with Gasteiger partial charge in [-0.25, -0.2) is 0 Å². The SMILES string of the molecule is Cc1cc(N2C[C@]34C=CC(O3)C(C(=O)NC3CC3)C4C2=O)no1. The third-order valence-electron chi connectivity index (χ3n) is 5.22. The molecule has 2 amide bonds. The van der Waals surface area contributed by atoms with Crippen LogP contribution in [0.5, 0.6) is 0 Å². The third-order valence-corrected chi connectivity index (χ3v) is 5.22. The molecule has 3 aliphatic heterocycles. The molecule has 120 valence electrons. The highest BCUT2D eigenvalue weighted by atomic mass is 16.5. The van der Waals surface area contributed by atoms with Crippen molar-refractivity contribution >= 4 is 17.6 Å². The van der Waals surface area contributed by atoms with Crippen molar-refractivity contribution in [2.24, 2.45) is 11.8 Å². The molecular weight excluding hydrogens is 298 g/mol. The molecule has 0 radical (unpaired) electrons. The number of nitrogens with one attached hydrogen (secondary N) is 1. The van der Waals surface area contributed by atoms with Crippen LogP contribution in [0.2, 0.25) is 0 Å². The van der Waals surface area contributed by atoms with Crippen LogP contribution in [0.1, 0.15) is 18.6 Å². The second-order valence-corrected chi connectivity index (χ2v) is 6.90. The predicted octanol–water partition coefficient (Wildman–Crippen LogP) is 0.548. The minimum Gasteiger partial charge on any atom is -0.360 e. The molecule has 2 bridgehead atoms. The summed E-state index contributed by atoms with van der Waals surface area (Å²) in [6.07, 6.45) is 5.60. The lowest BCUT2D eigenvalue weighted by molar-refractivity contribution is -0.132. The molecule has 7 nitrogen and oxygen atoms in total. The fraction of sp³-hybridized carbons (Fsp3) is 0.562. The van der Waals surface area contributed by atoms with Crippen LogP contribution in [0.25, 0.3) is 0 Å². The molecule has 1 aromatic heterocycles. The summed E-state index contributed by atoms with van der Waals surface area (Å²) in [6, 6.07) is 2.00. The summed E-state index contributed by atoms with van der Waals surface area (Å²) < 4.78 is 11.1. The van der Waals surface area contributed by atoms with E-state index in [1.165, 1.54) is 0 Å². The van der Waals surface area contributed by atoms with Gasteiger partial charge in [0.1, 0.15) is 11.4 Å². The Balaban J connectivity index is 1.48. The van der Waals surface area contributed by atoms with E-state index in [1.54, 1.807) is 17.9 Å². The molecule has 1 aliphatic carbocycles. The number of aromatic nitrogens is 1. The van der Waals surface area contributed by atoms with Gasteiger partial charge < -0.3 is 14.6 Å². The molecule has 0 aromatic carbocycles. The Hall–Kier alpha value is -2.15. The van der Waals surface area contributed by atoms with Crippen molar-refractivity contribution in [3.8, 4) is 0 Å². The van der Waals surface area contributed by atoms with Crippen LogP contribution in [0.3, 0.4) is 0 Å². The molecular formula is C16H17N3O4. The first-order chi connectivity index (χ1) is 11.1. The molecule has 1 spiro atoms. The fourth-order valence-electron chi connectivity index (χ4n) is 4.00. The van der Waals surface area contributed by atoms with Gasteiger partial charge in [-0.3, -0.25) is 14.5 Å². The van der Waals surface area contributed by atoms with E-state index in [0.29, 0.717) is 18.1 Å². The number of ether oxygens (including phenoxy) is 1. The third kappa shape index (κ3) is 1.77. The zero-order valence-corrected chi connectivity index (χ0v) is 12.7. The first-order valence-electron chi connectivity index (χ1n) is 8.00. The van der Waals surface area contributed by atoms with Gasteiger partial charge in [-0.2, -0.15) is 0 Å². The van der Waals surface area contributed by atoms with E-state index in [9.17, 15) is 9.59 Å². The number of fused-ring (bicyclic) bond motifs is 1. The van der Waals surface area contributed by atoms with Crippen molar-refractivity contribution in [2.75, 3.05) is 11.4 Å². The number of nitrogens with zero attached hydrogens (tertiary/aromatic N) is 2. The minimum absolute atomic E-state index is 0.0692. The minimum atomic E-state index is -0.708.